The molecule has 0 amide bonds. The number of aromatic nitrogens is 6. The summed E-state index contributed by atoms with van der Waals surface area (Å²) in [7, 11) is 1.05. The van der Waals surface area contributed by atoms with E-state index >= 15 is 0 Å². The summed E-state index contributed by atoms with van der Waals surface area (Å²) in [6, 6.07) is 8.19. The highest BCUT2D eigenvalue weighted by Gasteiger charge is 2.30. The Hall–Kier alpha value is -3.66. The van der Waals surface area contributed by atoms with Gasteiger partial charge in [-0.3, -0.25) is 13.6 Å². The van der Waals surface area contributed by atoms with E-state index in [1.165, 1.54) is 18.5 Å². The number of hydrogen-bond acceptors (Lipinski definition) is 6. The molecule has 0 spiro atoms. The van der Waals surface area contributed by atoms with Gasteiger partial charge < -0.3 is 4.42 Å². The van der Waals surface area contributed by atoms with Crippen LogP contribution in [0.25, 0.3) is 44.9 Å². The Bertz CT molecular complexity index is 1530. The number of aryl methyl sites for hydroxylation is 2. The summed E-state index contributed by atoms with van der Waals surface area (Å²) in [6.45, 7) is 1.92. The summed E-state index contributed by atoms with van der Waals surface area (Å²) >= 11 is 0. The lowest BCUT2D eigenvalue weighted by Gasteiger charge is -2.24. The van der Waals surface area contributed by atoms with Crippen LogP contribution in [0.2, 0.25) is 0 Å². The quantitative estimate of drug-likeness (QED) is 0.402. The van der Waals surface area contributed by atoms with E-state index < -0.39 is 10.8 Å². The molecule has 8 nitrogen and oxygen atoms in total. The molecule has 5 aromatic rings. The Balaban J connectivity index is 1.53. The van der Waals surface area contributed by atoms with Gasteiger partial charge in [0.2, 0.25) is 5.71 Å². The topological polar surface area (TPSA) is 91.6 Å². The highest BCUT2D eigenvalue weighted by Crippen LogP contribution is 2.38. The smallest absolute Gasteiger partial charge is 0.230 e. The van der Waals surface area contributed by atoms with Crippen molar-refractivity contribution in [2.75, 3.05) is 11.5 Å². The summed E-state index contributed by atoms with van der Waals surface area (Å²) in [6.07, 6.45) is 5.29. The van der Waals surface area contributed by atoms with Crippen molar-refractivity contribution < 1.29 is 13.0 Å². The molecule has 0 N–H and O–H groups in total. The van der Waals surface area contributed by atoms with Crippen molar-refractivity contribution in [3.8, 4) is 33.8 Å². The van der Waals surface area contributed by atoms with Gasteiger partial charge in [-0.1, -0.05) is 0 Å². The van der Waals surface area contributed by atoms with Gasteiger partial charge in [-0.15, -0.1) is 0 Å². The van der Waals surface area contributed by atoms with Crippen LogP contribution in [0.15, 0.2) is 53.5 Å². The molecule has 5 heterocycles. The zero-order chi connectivity index (χ0) is 22.7. The zero-order valence-electron chi connectivity index (χ0n) is 17.9. The van der Waals surface area contributed by atoms with Crippen LogP contribution in [0.4, 0.5) is 4.39 Å². The second-order valence-corrected chi connectivity index (χ2v) is 9.71. The molecule has 10 heteroatoms. The van der Waals surface area contributed by atoms with Gasteiger partial charge in [0, 0.05) is 52.9 Å². The SMILES string of the molecule is Cc1nn(C)cc1-c1cc2c(-c3cn(C4CS(=O)C4)nc3-c3ccc(F)cc3)ncnc2o1. The normalized spacial score (nSPS) is 18.0. The number of hydrogen-bond donors (Lipinski definition) is 0. The highest BCUT2D eigenvalue weighted by molar-refractivity contribution is 7.86. The van der Waals surface area contributed by atoms with Crippen LogP contribution in [0.5, 0.6) is 0 Å². The van der Waals surface area contributed by atoms with Crippen LogP contribution >= 0.6 is 0 Å². The van der Waals surface area contributed by atoms with E-state index in [0.29, 0.717) is 34.4 Å². The third-order valence-electron chi connectivity index (χ3n) is 5.84. The predicted molar refractivity (Wildman–Crippen MR) is 122 cm³/mol. The molecule has 0 aliphatic carbocycles. The lowest BCUT2D eigenvalue weighted by Crippen LogP contribution is -2.33. The van der Waals surface area contributed by atoms with Gasteiger partial charge in [0.1, 0.15) is 23.6 Å². The summed E-state index contributed by atoms with van der Waals surface area (Å²) in [5, 5.41) is 9.93. The summed E-state index contributed by atoms with van der Waals surface area (Å²) < 4.78 is 34.9. The molecule has 1 aliphatic rings. The Kier molecular flexibility index (Phi) is 4.51. The highest BCUT2D eigenvalue weighted by atomic mass is 32.2. The molecule has 1 aliphatic heterocycles. The molecular weight excluding hydrogens is 443 g/mol. The largest absolute Gasteiger partial charge is 0.437 e. The van der Waals surface area contributed by atoms with Gasteiger partial charge in [-0.25, -0.2) is 14.4 Å². The lowest BCUT2D eigenvalue weighted by atomic mass is 10.0. The average Bonchev–Trinajstić information content (AvgIpc) is 3.48. The Morgan fingerprint density at radius 1 is 1.06 bits per heavy atom. The lowest BCUT2D eigenvalue weighted by molar-refractivity contribution is 0.507. The monoisotopic (exact) mass is 462 g/mol. The molecule has 1 aromatic carbocycles. The first-order chi connectivity index (χ1) is 16.0. The van der Waals surface area contributed by atoms with Crippen LogP contribution in [0.3, 0.4) is 0 Å². The van der Waals surface area contributed by atoms with Crippen LogP contribution < -0.4 is 0 Å². The number of nitrogens with zero attached hydrogens (tertiary/aromatic N) is 6. The number of rotatable bonds is 4. The molecule has 0 saturated carbocycles. The van der Waals surface area contributed by atoms with Gasteiger partial charge in [-0.05, 0) is 37.3 Å². The first kappa shape index (κ1) is 20.0. The molecule has 0 bridgehead atoms. The minimum atomic E-state index is -0.811. The fraction of sp³-hybridized carbons (Fsp3) is 0.217. The van der Waals surface area contributed by atoms with Crippen LogP contribution in [-0.2, 0) is 17.8 Å². The number of halogens is 1. The van der Waals surface area contributed by atoms with E-state index in [2.05, 4.69) is 15.1 Å². The maximum Gasteiger partial charge on any atom is 0.230 e. The zero-order valence-corrected chi connectivity index (χ0v) is 18.7. The number of fused-ring (bicyclic) bond motifs is 1. The van der Waals surface area contributed by atoms with E-state index in [-0.39, 0.29) is 11.9 Å². The third-order valence-corrected chi connectivity index (χ3v) is 7.36. The number of furan rings is 1. The van der Waals surface area contributed by atoms with Gasteiger partial charge >= 0.3 is 0 Å². The number of benzene rings is 1. The molecule has 33 heavy (non-hydrogen) atoms. The fourth-order valence-electron chi connectivity index (χ4n) is 4.15. The Morgan fingerprint density at radius 2 is 1.85 bits per heavy atom. The van der Waals surface area contributed by atoms with Crippen LogP contribution in [0, 0.1) is 12.7 Å². The second kappa shape index (κ2) is 7.45. The molecule has 0 atom stereocenters. The molecule has 0 unspecified atom stereocenters. The van der Waals surface area contributed by atoms with Gasteiger partial charge in [0.25, 0.3) is 0 Å². The minimum Gasteiger partial charge on any atom is -0.437 e. The maximum atomic E-state index is 13.6. The van der Waals surface area contributed by atoms with Crippen LogP contribution in [0.1, 0.15) is 11.7 Å². The molecule has 4 aromatic heterocycles. The molecule has 166 valence electrons. The van der Waals surface area contributed by atoms with Gasteiger partial charge in [0.05, 0.1) is 28.4 Å². The standard InChI is InChI=1S/C23H19FN6O2S/c1-13-18(8-29(2)27-13)20-7-17-22(25-12-26-23(17)32-20)19-9-30(16-10-33(31)11-16)28-21(19)14-3-5-15(24)6-4-14/h3-9,12,16H,10-11H2,1-2H3. The first-order valence-electron chi connectivity index (χ1n) is 10.4. The van der Waals surface area contributed by atoms with Crippen molar-refractivity contribution in [2.24, 2.45) is 7.05 Å². The van der Waals surface area contributed by atoms with Crippen molar-refractivity contribution in [1.82, 2.24) is 29.5 Å². The Labute approximate surface area is 190 Å². The summed E-state index contributed by atoms with van der Waals surface area (Å²) in [5.74, 6) is 1.48. The second-order valence-electron chi connectivity index (χ2n) is 8.16. The van der Waals surface area contributed by atoms with Crippen molar-refractivity contribution >= 4 is 21.9 Å². The molecule has 0 radical (unpaired) electrons. The summed E-state index contributed by atoms with van der Waals surface area (Å²) in [4.78, 5) is 8.89. The molecule has 1 saturated heterocycles. The van der Waals surface area contributed by atoms with E-state index in [0.717, 1.165) is 27.8 Å². The summed E-state index contributed by atoms with van der Waals surface area (Å²) in [5.41, 5.74) is 5.08. The van der Waals surface area contributed by atoms with E-state index in [1.807, 2.05) is 37.1 Å². The van der Waals surface area contributed by atoms with Gasteiger partial charge in [0.15, 0.2) is 0 Å². The van der Waals surface area contributed by atoms with E-state index in [4.69, 9.17) is 9.52 Å². The first-order valence-corrected chi connectivity index (χ1v) is 11.9. The predicted octanol–water partition coefficient (Wildman–Crippen LogP) is 3.90. The minimum absolute atomic E-state index is 0.0639. The van der Waals surface area contributed by atoms with E-state index in [9.17, 15) is 8.60 Å². The van der Waals surface area contributed by atoms with Crippen LogP contribution in [-0.4, -0.2) is 45.2 Å². The third kappa shape index (κ3) is 3.37. The van der Waals surface area contributed by atoms with E-state index in [1.54, 1.807) is 16.8 Å². The maximum absolute atomic E-state index is 13.6. The Morgan fingerprint density at radius 3 is 2.55 bits per heavy atom. The fourth-order valence-corrected chi connectivity index (χ4v) is 5.22. The van der Waals surface area contributed by atoms with Crippen molar-refractivity contribution in [2.45, 2.75) is 13.0 Å². The van der Waals surface area contributed by atoms with Gasteiger partial charge in [-0.2, -0.15) is 10.2 Å². The van der Waals surface area contributed by atoms with Crippen molar-refractivity contribution in [3.63, 3.8) is 0 Å². The van der Waals surface area contributed by atoms with Crippen molar-refractivity contribution in [1.29, 1.82) is 0 Å². The molecular formula is C23H19FN6O2S. The van der Waals surface area contributed by atoms with Crippen molar-refractivity contribution in [3.05, 3.63) is 60.6 Å². The molecule has 1 fully saturated rings. The molecule has 6 rings (SSSR count). The average molecular weight is 463 g/mol.